The molecule has 0 aliphatic carbocycles. The molecule has 0 atom stereocenters. The molecule has 0 saturated carbocycles. The summed E-state index contributed by atoms with van der Waals surface area (Å²) in [5, 5.41) is 6.70. The molecule has 0 spiro atoms. The Balaban J connectivity index is 1.94. The van der Waals surface area contributed by atoms with Crippen LogP contribution < -0.4 is 24.8 Å². The highest BCUT2D eigenvalue weighted by Crippen LogP contribution is 2.22. The monoisotopic (exact) mass is 372 g/mol. The van der Waals surface area contributed by atoms with Crippen LogP contribution in [-0.4, -0.2) is 17.6 Å². The summed E-state index contributed by atoms with van der Waals surface area (Å²) in [6.45, 7) is 0. The largest absolute Gasteiger partial charge is 0.495 e. The minimum Gasteiger partial charge on any atom is -0.495 e. The van der Waals surface area contributed by atoms with Gasteiger partial charge >= 0.3 is 0 Å². The number of methoxy groups -OCH3 is 1. The van der Waals surface area contributed by atoms with Crippen LogP contribution in [-0.2, 0) is 11.8 Å². The maximum absolute atomic E-state index is 12.3. The Morgan fingerprint density at radius 3 is 2.80 bits per heavy atom. The fraction of sp³-hybridized carbons (Fsp3) is 0.111. The molecule has 1 aromatic carbocycles. The summed E-state index contributed by atoms with van der Waals surface area (Å²) in [6.07, 6.45) is 3.25. The van der Waals surface area contributed by atoms with Crippen molar-refractivity contribution in [2.75, 3.05) is 12.4 Å². The molecule has 5 nitrogen and oxygen atoms in total. The molecule has 128 valence electrons. The van der Waals surface area contributed by atoms with Gasteiger partial charge in [-0.3, -0.25) is 9.59 Å². The van der Waals surface area contributed by atoms with E-state index in [4.69, 9.17) is 4.74 Å². The smallest absolute Gasteiger partial charge is 0.268 e. The Kier molecular flexibility index (Phi) is 5.16. The third-order valence-corrected chi connectivity index (χ3v) is 5.34. The minimum absolute atomic E-state index is 0.118. The number of rotatable bonds is 4. The highest BCUT2D eigenvalue weighted by atomic mass is 32.1. The van der Waals surface area contributed by atoms with Crippen LogP contribution in [0.4, 0.5) is 5.69 Å². The number of thiophene rings is 1. The van der Waals surface area contributed by atoms with Gasteiger partial charge in [0.2, 0.25) is 0 Å². The zero-order valence-corrected chi connectivity index (χ0v) is 15.3. The number of amides is 1. The molecule has 2 heterocycles. The number of nitrogens with one attached hydrogen (secondary N) is 1. The number of thiazole rings is 1. The van der Waals surface area contributed by atoms with E-state index in [0.717, 1.165) is 5.56 Å². The van der Waals surface area contributed by atoms with Gasteiger partial charge in [-0.15, -0.1) is 11.3 Å². The van der Waals surface area contributed by atoms with Crippen molar-refractivity contribution in [3.63, 3.8) is 0 Å². The zero-order chi connectivity index (χ0) is 17.8. The van der Waals surface area contributed by atoms with Gasteiger partial charge in [0.05, 0.1) is 17.3 Å². The Hall–Kier alpha value is -2.64. The molecule has 0 radical (unpaired) electrons. The van der Waals surface area contributed by atoms with Crippen molar-refractivity contribution in [2.45, 2.75) is 0 Å². The van der Waals surface area contributed by atoms with E-state index in [9.17, 15) is 9.59 Å². The lowest BCUT2D eigenvalue weighted by Gasteiger charge is -2.07. The fourth-order valence-corrected chi connectivity index (χ4v) is 3.89. The number of ether oxygens (including phenoxy) is 1. The fourth-order valence-electron chi connectivity index (χ4n) is 2.25. The van der Waals surface area contributed by atoms with Crippen molar-refractivity contribution >= 4 is 46.4 Å². The van der Waals surface area contributed by atoms with Crippen LogP contribution >= 0.6 is 22.7 Å². The van der Waals surface area contributed by atoms with Gasteiger partial charge in [0.1, 0.15) is 10.4 Å². The number of carbonyl (C=O) groups excluding carboxylic acids is 1. The minimum atomic E-state index is -0.316. The molecule has 0 unspecified atom stereocenters. The number of para-hydroxylation sites is 2. The Morgan fingerprint density at radius 1 is 1.28 bits per heavy atom. The second-order valence-electron chi connectivity index (χ2n) is 5.20. The first kappa shape index (κ1) is 17.2. The van der Waals surface area contributed by atoms with Crippen LogP contribution in [0.1, 0.15) is 5.56 Å². The molecule has 0 saturated heterocycles. The predicted molar refractivity (Wildman–Crippen MR) is 103 cm³/mol. The lowest BCUT2D eigenvalue weighted by Crippen LogP contribution is -2.29. The van der Waals surface area contributed by atoms with E-state index in [1.54, 1.807) is 37.6 Å². The van der Waals surface area contributed by atoms with Gasteiger partial charge in [0.15, 0.2) is 0 Å². The first-order chi connectivity index (χ1) is 12.1. The van der Waals surface area contributed by atoms with E-state index in [1.807, 2.05) is 35.0 Å². The lowest BCUT2D eigenvalue weighted by molar-refractivity contribution is -0.110. The van der Waals surface area contributed by atoms with E-state index in [1.165, 1.54) is 22.0 Å². The predicted octanol–water partition coefficient (Wildman–Crippen LogP) is 1.76. The number of hydrogen-bond donors (Lipinski definition) is 1. The summed E-state index contributed by atoms with van der Waals surface area (Å²) in [6, 6.07) is 9.11. The van der Waals surface area contributed by atoms with Gasteiger partial charge in [0, 0.05) is 13.1 Å². The number of benzene rings is 1. The van der Waals surface area contributed by atoms with Crippen molar-refractivity contribution in [2.24, 2.45) is 7.05 Å². The highest BCUT2D eigenvalue weighted by molar-refractivity contribution is 7.08. The maximum Gasteiger partial charge on any atom is 0.268 e. The molecule has 25 heavy (non-hydrogen) atoms. The summed E-state index contributed by atoms with van der Waals surface area (Å²) in [4.78, 5) is 24.6. The molecule has 0 aliphatic rings. The van der Waals surface area contributed by atoms with Crippen molar-refractivity contribution < 1.29 is 9.53 Å². The summed E-state index contributed by atoms with van der Waals surface area (Å²) in [5.74, 6) is 0.263. The number of carbonyl (C=O) groups is 1. The van der Waals surface area contributed by atoms with Crippen LogP contribution in [0.15, 0.2) is 45.9 Å². The van der Waals surface area contributed by atoms with Gasteiger partial charge in [-0.2, -0.15) is 11.3 Å². The zero-order valence-electron chi connectivity index (χ0n) is 13.7. The summed E-state index contributed by atoms with van der Waals surface area (Å²) >= 11 is 2.86. The quantitative estimate of drug-likeness (QED) is 0.759. The van der Waals surface area contributed by atoms with Crippen molar-refractivity contribution in [1.82, 2.24) is 4.57 Å². The topological polar surface area (TPSA) is 60.3 Å². The van der Waals surface area contributed by atoms with Crippen LogP contribution in [0.3, 0.4) is 0 Å². The Labute approximate surface area is 152 Å². The van der Waals surface area contributed by atoms with E-state index < -0.39 is 0 Å². The molecular formula is C18H16N2O3S2. The SMILES string of the molecule is COc1ccccc1NC(=O)/C=c1/s/c(=C\c2ccsc2)c(=O)n1C. The maximum atomic E-state index is 12.3. The summed E-state index contributed by atoms with van der Waals surface area (Å²) in [5.41, 5.74) is 1.44. The van der Waals surface area contributed by atoms with Crippen LogP contribution in [0.2, 0.25) is 0 Å². The van der Waals surface area contributed by atoms with Crippen LogP contribution in [0.5, 0.6) is 5.75 Å². The van der Waals surface area contributed by atoms with E-state index in [2.05, 4.69) is 5.32 Å². The Morgan fingerprint density at radius 2 is 2.08 bits per heavy atom. The average Bonchev–Trinajstić information content (AvgIpc) is 3.20. The number of aromatic nitrogens is 1. The van der Waals surface area contributed by atoms with E-state index in [-0.39, 0.29) is 11.5 Å². The number of anilines is 1. The molecule has 1 amide bonds. The van der Waals surface area contributed by atoms with Gasteiger partial charge in [-0.25, -0.2) is 0 Å². The highest BCUT2D eigenvalue weighted by Gasteiger charge is 2.06. The molecule has 0 fully saturated rings. The second kappa shape index (κ2) is 7.50. The van der Waals surface area contributed by atoms with Gasteiger partial charge in [0.25, 0.3) is 11.5 Å². The number of hydrogen-bond acceptors (Lipinski definition) is 5. The second-order valence-corrected chi connectivity index (χ2v) is 7.05. The van der Waals surface area contributed by atoms with Gasteiger partial charge < -0.3 is 14.6 Å². The van der Waals surface area contributed by atoms with Crippen molar-refractivity contribution in [3.8, 4) is 5.75 Å². The van der Waals surface area contributed by atoms with Crippen LogP contribution in [0, 0.1) is 0 Å². The molecule has 0 bridgehead atoms. The Bertz CT molecular complexity index is 1060. The van der Waals surface area contributed by atoms with E-state index >= 15 is 0 Å². The van der Waals surface area contributed by atoms with Gasteiger partial charge in [-0.05, 0) is 40.6 Å². The summed E-state index contributed by atoms with van der Waals surface area (Å²) < 4.78 is 7.87. The van der Waals surface area contributed by atoms with E-state index in [0.29, 0.717) is 20.6 Å². The molecule has 3 rings (SSSR count). The molecule has 1 N–H and O–H groups in total. The van der Waals surface area contributed by atoms with Crippen molar-refractivity contribution in [3.05, 3.63) is 66.2 Å². The van der Waals surface area contributed by atoms with Gasteiger partial charge in [-0.1, -0.05) is 12.1 Å². The number of nitrogens with zero attached hydrogens (tertiary/aromatic N) is 1. The molecule has 3 aromatic rings. The third kappa shape index (κ3) is 3.89. The first-order valence-corrected chi connectivity index (χ1v) is 9.20. The molecule has 7 heteroatoms. The normalized spacial score (nSPS) is 12.4. The van der Waals surface area contributed by atoms with Crippen molar-refractivity contribution in [1.29, 1.82) is 0 Å². The first-order valence-electron chi connectivity index (χ1n) is 7.44. The molecular weight excluding hydrogens is 356 g/mol. The lowest BCUT2D eigenvalue weighted by atomic mass is 10.3. The summed E-state index contributed by atoms with van der Waals surface area (Å²) in [7, 11) is 3.20. The standard InChI is InChI=1S/C18H16N2O3S2/c1-20-17(25-15(18(20)22)9-12-7-8-24-11-12)10-16(21)19-13-5-3-4-6-14(13)23-2/h3-11H,1-2H3,(H,19,21)/b15-9-,17-10+. The van der Waals surface area contributed by atoms with Crippen LogP contribution in [0.25, 0.3) is 12.2 Å². The molecule has 0 aliphatic heterocycles. The average molecular weight is 372 g/mol. The molecule has 2 aromatic heterocycles. The third-order valence-electron chi connectivity index (χ3n) is 3.52.